The van der Waals surface area contributed by atoms with Gasteiger partial charge >= 0.3 is 6.03 Å². The first-order valence-corrected chi connectivity index (χ1v) is 10.1. The zero-order chi connectivity index (χ0) is 18.8. The monoisotopic (exact) mass is 361 g/mol. The largest absolute Gasteiger partial charge is 0.379 e. The maximum atomic E-state index is 12.1. The fourth-order valence-electron chi connectivity index (χ4n) is 3.36. The molecule has 146 valence electrons. The van der Waals surface area contributed by atoms with E-state index in [9.17, 15) is 4.79 Å². The standard InChI is InChI=1S/C21H35N3O2/c1-4-5-6-7-8-17(2)22-21(25)23-20-11-9-19(10-12-20)18(3)24-13-15-26-16-14-24/h9-12,17-18H,4-8,13-16H2,1-3H3,(H2,22,23,25). The summed E-state index contributed by atoms with van der Waals surface area (Å²) in [7, 11) is 0. The van der Waals surface area contributed by atoms with Crippen LogP contribution in [0.1, 0.15) is 64.5 Å². The molecule has 1 aliphatic heterocycles. The summed E-state index contributed by atoms with van der Waals surface area (Å²) in [4.78, 5) is 14.6. The highest BCUT2D eigenvalue weighted by Gasteiger charge is 2.18. The lowest BCUT2D eigenvalue weighted by atomic mass is 10.1. The Balaban J connectivity index is 1.76. The molecule has 1 heterocycles. The molecule has 2 N–H and O–H groups in total. The zero-order valence-corrected chi connectivity index (χ0v) is 16.6. The van der Waals surface area contributed by atoms with Crippen LogP contribution < -0.4 is 10.6 Å². The smallest absolute Gasteiger partial charge is 0.319 e. The minimum absolute atomic E-state index is 0.123. The van der Waals surface area contributed by atoms with Gasteiger partial charge in [-0.2, -0.15) is 0 Å². The highest BCUT2D eigenvalue weighted by Crippen LogP contribution is 2.22. The van der Waals surface area contributed by atoms with Crippen LogP contribution in [0.25, 0.3) is 0 Å². The Bertz CT molecular complexity index is 527. The van der Waals surface area contributed by atoms with Crippen molar-refractivity contribution in [3.05, 3.63) is 29.8 Å². The molecule has 2 amide bonds. The van der Waals surface area contributed by atoms with E-state index in [0.717, 1.165) is 38.4 Å². The first-order chi connectivity index (χ1) is 12.6. The molecule has 0 radical (unpaired) electrons. The number of urea groups is 1. The van der Waals surface area contributed by atoms with Crippen LogP contribution in [0.4, 0.5) is 10.5 Å². The maximum absolute atomic E-state index is 12.1. The van der Waals surface area contributed by atoms with E-state index in [1.54, 1.807) is 0 Å². The minimum Gasteiger partial charge on any atom is -0.379 e. The van der Waals surface area contributed by atoms with Crippen LogP contribution in [0.2, 0.25) is 0 Å². The van der Waals surface area contributed by atoms with Crippen molar-refractivity contribution in [1.82, 2.24) is 10.2 Å². The van der Waals surface area contributed by atoms with Gasteiger partial charge in [-0.25, -0.2) is 4.79 Å². The number of nitrogens with zero attached hydrogens (tertiary/aromatic N) is 1. The molecule has 1 aromatic rings. The Kier molecular flexibility index (Phi) is 8.92. The number of amides is 2. The number of hydrogen-bond donors (Lipinski definition) is 2. The lowest BCUT2D eigenvalue weighted by molar-refractivity contribution is 0.0198. The highest BCUT2D eigenvalue weighted by atomic mass is 16.5. The van der Waals surface area contributed by atoms with E-state index in [2.05, 4.69) is 48.4 Å². The van der Waals surface area contributed by atoms with Crippen molar-refractivity contribution in [3.63, 3.8) is 0 Å². The average molecular weight is 362 g/mol. The van der Waals surface area contributed by atoms with Gasteiger partial charge in [0.2, 0.25) is 0 Å². The SMILES string of the molecule is CCCCCCC(C)NC(=O)Nc1ccc(C(C)N2CCOCC2)cc1. The molecule has 2 unspecified atom stereocenters. The predicted molar refractivity (Wildman–Crippen MR) is 108 cm³/mol. The molecule has 0 aromatic heterocycles. The molecular formula is C21H35N3O2. The summed E-state index contributed by atoms with van der Waals surface area (Å²) in [5.74, 6) is 0. The number of rotatable bonds is 9. The number of nitrogens with one attached hydrogen (secondary N) is 2. The van der Waals surface area contributed by atoms with Crippen molar-refractivity contribution in [3.8, 4) is 0 Å². The summed E-state index contributed by atoms with van der Waals surface area (Å²) in [6, 6.07) is 8.61. The summed E-state index contributed by atoms with van der Waals surface area (Å²) >= 11 is 0. The van der Waals surface area contributed by atoms with Crippen molar-refractivity contribution in [2.75, 3.05) is 31.6 Å². The number of carbonyl (C=O) groups is 1. The van der Waals surface area contributed by atoms with Crippen LogP contribution >= 0.6 is 0 Å². The predicted octanol–water partition coefficient (Wildman–Crippen LogP) is 4.56. The van der Waals surface area contributed by atoms with Crippen LogP contribution in [0.3, 0.4) is 0 Å². The topological polar surface area (TPSA) is 53.6 Å². The fraction of sp³-hybridized carbons (Fsp3) is 0.667. The first kappa shape index (κ1) is 20.7. The number of ether oxygens (including phenoxy) is 1. The fourth-order valence-corrected chi connectivity index (χ4v) is 3.36. The van der Waals surface area contributed by atoms with E-state index >= 15 is 0 Å². The van der Waals surface area contributed by atoms with Crippen LogP contribution in [0.15, 0.2) is 24.3 Å². The molecule has 5 nitrogen and oxygen atoms in total. The normalized spacial score (nSPS) is 17.5. The third-order valence-corrected chi connectivity index (χ3v) is 5.11. The molecule has 2 rings (SSSR count). The van der Waals surface area contributed by atoms with Gasteiger partial charge in [-0.05, 0) is 38.0 Å². The molecule has 1 aliphatic rings. The molecule has 5 heteroatoms. The van der Waals surface area contributed by atoms with Crippen LogP contribution in [0.5, 0.6) is 0 Å². The van der Waals surface area contributed by atoms with Crippen molar-refractivity contribution in [2.45, 2.75) is 65.0 Å². The quantitative estimate of drug-likeness (QED) is 0.634. The number of unbranched alkanes of at least 4 members (excludes halogenated alkanes) is 3. The molecule has 1 saturated heterocycles. The van der Waals surface area contributed by atoms with Gasteiger partial charge in [0.25, 0.3) is 0 Å². The molecule has 0 aliphatic carbocycles. The van der Waals surface area contributed by atoms with Gasteiger partial charge in [0.1, 0.15) is 0 Å². The molecular weight excluding hydrogens is 326 g/mol. The van der Waals surface area contributed by atoms with Crippen LogP contribution in [-0.2, 0) is 4.74 Å². The second-order valence-electron chi connectivity index (χ2n) is 7.30. The van der Waals surface area contributed by atoms with E-state index in [0.29, 0.717) is 6.04 Å². The number of carbonyl (C=O) groups excluding carboxylic acids is 1. The highest BCUT2D eigenvalue weighted by molar-refractivity contribution is 5.89. The maximum Gasteiger partial charge on any atom is 0.319 e. The Morgan fingerprint density at radius 2 is 1.81 bits per heavy atom. The number of hydrogen-bond acceptors (Lipinski definition) is 3. The molecule has 26 heavy (non-hydrogen) atoms. The Morgan fingerprint density at radius 1 is 1.12 bits per heavy atom. The van der Waals surface area contributed by atoms with Crippen molar-refractivity contribution in [1.29, 1.82) is 0 Å². The number of anilines is 1. The van der Waals surface area contributed by atoms with E-state index in [1.165, 1.54) is 31.2 Å². The number of benzene rings is 1. The van der Waals surface area contributed by atoms with Crippen LogP contribution in [0, 0.1) is 0 Å². The van der Waals surface area contributed by atoms with E-state index in [-0.39, 0.29) is 12.1 Å². The Hall–Kier alpha value is -1.59. The summed E-state index contributed by atoms with van der Waals surface area (Å²) < 4.78 is 5.42. The van der Waals surface area contributed by atoms with Crippen molar-refractivity contribution >= 4 is 11.7 Å². The van der Waals surface area contributed by atoms with E-state index < -0.39 is 0 Å². The van der Waals surface area contributed by atoms with Gasteiger partial charge in [0.05, 0.1) is 13.2 Å². The molecule has 1 fully saturated rings. The van der Waals surface area contributed by atoms with Gasteiger partial charge in [0.15, 0.2) is 0 Å². The Labute approximate surface area is 158 Å². The summed E-state index contributed by atoms with van der Waals surface area (Å²) in [5, 5.41) is 5.96. The lowest BCUT2D eigenvalue weighted by Crippen LogP contribution is -2.38. The second kappa shape index (κ2) is 11.2. The molecule has 0 bridgehead atoms. The van der Waals surface area contributed by atoms with Gasteiger partial charge in [-0.15, -0.1) is 0 Å². The molecule has 1 aromatic carbocycles. The van der Waals surface area contributed by atoms with Gasteiger partial charge in [-0.1, -0.05) is 44.7 Å². The third kappa shape index (κ3) is 6.96. The zero-order valence-electron chi connectivity index (χ0n) is 16.6. The summed E-state index contributed by atoms with van der Waals surface area (Å²) in [6.07, 6.45) is 5.95. The van der Waals surface area contributed by atoms with E-state index in [4.69, 9.17) is 4.74 Å². The van der Waals surface area contributed by atoms with Gasteiger partial charge in [-0.3, -0.25) is 4.90 Å². The second-order valence-corrected chi connectivity index (χ2v) is 7.30. The Morgan fingerprint density at radius 3 is 2.46 bits per heavy atom. The molecule has 0 spiro atoms. The van der Waals surface area contributed by atoms with E-state index in [1.807, 2.05) is 12.1 Å². The minimum atomic E-state index is -0.123. The average Bonchev–Trinajstić information content (AvgIpc) is 2.66. The number of morpholine rings is 1. The lowest BCUT2D eigenvalue weighted by Gasteiger charge is -2.32. The molecule has 2 atom stereocenters. The summed E-state index contributed by atoms with van der Waals surface area (Å²) in [6.45, 7) is 10.1. The van der Waals surface area contributed by atoms with Gasteiger partial charge in [0, 0.05) is 30.9 Å². The van der Waals surface area contributed by atoms with Gasteiger partial charge < -0.3 is 15.4 Å². The van der Waals surface area contributed by atoms with Crippen molar-refractivity contribution < 1.29 is 9.53 Å². The summed E-state index contributed by atoms with van der Waals surface area (Å²) in [5.41, 5.74) is 2.10. The van der Waals surface area contributed by atoms with Crippen LogP contribution in [-0.4, -0.2) is 43.3 Å². The van der Waals surface area contributed by atoms with Crippen molar-refractivity contribution in [2.24, 2.45) is 0 Å². The third-order valence-electron chi connectivity index (χ3n) is 5.11. The molecule has 0 saturated carbocycles. The first-order valence-electron chi connectivity index (χ1n) is 10.1.